The van der Waals surface area contributed by atoms with Crippen LogP contribution in [-0.2, 0) is 6.61 Å². The highest BCUT2D eigenvalue weighted by Crippen LogP contribution is 2.22. The van der Waals surface area contributed by atoms with Crippen LogP contribution in [0.25, 0.3) is 0 Å². The zero-order valence-electron chi connectivity index (χ0n) is 11.4. The average Bonchev–Trinajstić information content (AvgIpc) is 2.79. The van der Waals surface area contributed by atoms with Crippen molar-refractivity contribution in [3.8, 4) is 11.5 Å². The predicted octanol–water partition coefficient (Wildman–Crippen LogP) is 3.26. The van der Waals surface area contributed by atoms with Crippen LogP contribution in [0, 0.1) is 6.92 Å². The molecule has 2 aromatic rings. The average molecular weight is 276 g/mol. The highest BCUT2D eigenvalue weighted by atomic mass is 16.5. The molecule has 1 aromatic carbocycles. The number of carbonyl (C=O) groups is 1. The van der Waals surface area contributed by atoms with Gasteiger partial charge in [-0.2, -0.15) is 0 Å². The molecule has 0 atom stereocenters. The van der Waals surface area contributed by atoms with Gasteiger partial charge in [-0.1, -0.05) is 6.07 Å². The number of benzene rings is 1. The molecule has 1 N–H and O–H groups in total. The first-order chi connectivity index (χ1) is 9.60. The third-order valence-electron chi connectivity index (χ3n) is 2.74. The Morgan fingerprint density at radius 1 is 1.25 bits per heavy atom. The molecule has 0 radical (unpaired) electrons. The first kappa shape index (κ1) is 14.0. The summed E-state index contributed by atoms with van der Waals surface area (Å²) in [4.78, 5) is 10.8. The Balaban J connectivity index is 2.05. The Labute approximate surface area is 116 Å². The number of ether oxygens (including phenoxy) is 2. The van der Waals surface area contributed by atoms with Gasteiger partial charge < -0.3 is 19.0 Å². The molecule has 0 bridgehead atoms. The molecule has 0 aliphatic rings. The van der Waals surface area contributed by atoms with Gasteiger partial charge >= 0.3 is 5.97 Å². The van der Waals surface area contributed by atoms with E-state index in [1.807, 2.05) is 25.1 Å². The number of hydrogen-bond donors (Lipinski definition) is 1. The van der Waals surface area contributed by atoms with E-state index in [0.29, 0.717) is 23.7 Å². The lowest BCUT2D eigenvalue weighted by molar-refractivity contribution is 0.0661. The number of aromatic carboxylic acids is 1. The zero-order chi connectivity index (χ0) is 14.5. The Morgan fingerprint density at radius 2 is 1.95 bits per heavy atom. The number of hydrogen-bond acceptors (Lipinski definition) is 4. The maximum atomic E-state index is 10.8. The summed E-state index contributed by atoms with van der Waals surface area (Å²) < 4.78 is 16.1. The fraction of sp³-hybridized carbons (Fsp3) is 0.267. The normalized spacial score (nSPS) is 10.3. The molecule has 0 aliphatic heterocycles. The van der Waals surface area contributed by atoms with Gasteiger partial charge in [0, 0.05) is 11.6 Å². The van der Waals surface area contributed by atoms with Gasteiger partial charge in [0.05, 0.1) is 6.61 Å². The quantitative estimate of drug-likeness (QED) is 0.877. The molecule has 20 heavy (non-hydrogen) atoms. The molecule has 5 nitrogen and oxygen atoms in total. The second-order valence-electron chi connectivity index (χ2n) is 4.19. The van der Waals surface area contributed by atoms with E-state index < -0.39 is 5.97 Å². The van der Waals surface area contributed by atoms with Gasteiger partial charge in [0.15, 0.2) is 0 Å². The van der Waals surface area contributed by atoms with Gasteiger partial charge in [-0.15, -0.1) is 0 Å². The molecule has 0 fully saturated rings. The van der Waals surface area contributed by atoms with Gasteiger partial charge in [-0.25, -0.2) is 4.79 Å². The second-order valence-corrected chi connectivity index (χ2v) is 4.19. The van der Waals surface area contributed by atoms with Gasteiger partial charge in [-0.3, -0.25) is 0 Å². The molecule has 1 aromatic heterocycles. The summed E-state index contributed by atoms with van der Waals surface area (Å²) in [6.07, 6.45) is 0. The van der Waals surface area contributed by atoms with Crippen LogP contribution in [-0.4, -0.2) is 17.7 Å². The summed E-state index contributed by atoms with van der Waals surface area (Å²) in [5.41, 5.74) is 0.712. The van der Waals surface area contributed by atoms with E-state index in [2.05, 4.69) is 0 Å². The molecule has 0 aliphatic carbocycles. The van der Waals surface area contributed by atoms with E-state index in [1.54, 1.807) is 13.0 Å². The Morgan fingerprint density at radius 3 is 2.55 bits per heavy atom. The monoisotopic (exact) mass is 276 g/mol. The van der Waals surface area contributed by atoms with Gasteiger partial charge in [0.2, 0.25) is 5.76 Å². The molecule has 0 saturated carbocycles. The summed E-state index contributed by atoms with van der Waals surface area (Å²) in [6, 6.07) is 8.77. The van der Waals surface area contributed by atoms with Crippen LogP contribution in [0.5, 0.6) is 11.5 Å². The van der Waals surface area contributed by atoms with E-state index in [-0.39, 0.29) is 12.4 Å². The van der Waals surface area contributed by atoms with Crippen molar-refractivity contribution in [1.82, 2.24) is 0 Å². The number of rotatable bonds is 6. The number of carboxylic acids is 1. The maximum Gasteiger partial charge on any atom is 0.371 e. The van der Waals surface area contributed by atoms with Crippen molar-refractivity contribution in [2.75, 3.05) is 6.61 Å². The summed E-state index contributed by atoms with van der Waals surface area (Å²) >= 11 is 0. The number of aryl methyl sites for hydroxylation is 1. The Bertz CT molecular complexity index is 600. The van der Waals surface area contributed by atoms with Gasteiger partial charge in [-0.05, 0) is 32.0 Å². The lowest BCUT2D eigenvalue weighted by atomic mass is 10.2. The van der Waals surface area contributed by atoms with Crippen LogP contribution in [0.15, 0.2) is 34.7 Å². The lowest BCUT2D eigenvalue weighted by Gasteiger charge is -2.07. The summed E-state index contributed by atoms with van der Waals surface area (Å²) in [6.45, 7) is 4.46. The molecule has 0 spiro atoms. The number of furan rings is 1. The van der Waals surface area contributed by atoms with Crippen molar-refractivity contribution in [2.45, 2.75) is 20.5 Å². The molecule has 0 unspecified atom stereocenters. The van der Waals surface area contributed by atoms with Crippen LogP contribution in [0.3, 0.4) is 0 Å². The molecule has 2 rings (SSSR count). The SMILES string of the molecule is CCOc1cccc(OCc2cc(C(=O)O)oc2C)c1. The Hall–Kier alpha value is -2.43. The van der Waals surface area contributed by atoms with Gasteiger partial charge in [0.25, 0.3) is 0 Å². The van der Waals surface area contributed by atoms with Crippen molar-refractivity contribution in [3.63, 3.8) is 0 Å². The minimum atomic E-state index is -1.09. The molecule has 0 amide bonds. The standard InChI is InChI=1S/C15H16O5/c1-3-18-12-5-4-6-13(8-12)19-9-11-7-14(15(16)17)20-10(11)2/h4-8H,3,9H2,1-2H3,(H,16,17). The van der Waals surface area contributed by atoms with Crippen LogP contribution < -0.4 is 9.47 Å². The van der Waals surface area contributed by atoms with E-state index >= 15 is 0 Å². The predicted molar refractivity (Wildman–Crippen MR) is 72.3 cm³/mol. The molecule has 106 valence electrons. The minimum Gasteiger partial charge on any atom is -0.494 e. The highest BCUT2D eigenvalue weighted by Gasteiger charge is 2.13. The summed E-state index contributed by atoms with van der Waals surface area (Å²) in [5, 5.41) is 8.85. The van der Waals surface area contributed by atoms with E-state index in [0.717, 1.165) is 5.75 Å². The van der Waals surface area contributed by atoms with E-state index in [4.69, 9.17) is 19.0 Å². The summed E-state index contributed by atoms with van der Waals surface area (Å²) in [7, 11) is 0. The van der Waals surface area contributed by atoms with Crippen LogP contribution in [0.4, 0.5) is 0 Å². The van der Waals surface area contributed by atoms with E-state index in [9.17, 15) is 4.79 Å². The van der Waals surface area contributed by atoms with Crippen molar-refractivity contribution in [1.29, 1.82) is 0 Å². The second kappa shape index (κ2) is 6.14. The summed E-state index contributed by atoms with van der Waals surface area (Å²) in [5.74, 6) is 0.777. The fourth-order valence-corrected chi connectivity index (χ4v) is 1.75. The third-order valence-corrected chi connectivity index (χ3v) is 2.74. The molecule has 5 heteroatoms. The topological polar surface area (TPSA) is 68.9 Å². The molecule has 1 heterocycles. The first-order valence-electron chi connectivity index (χ1n) is 6.28. The largest absolute Gasteiger partial charge is 0.494 e. The van der Waals surface area contributed by atoms with Crippen LogP contribution >= 0.6 is 0 Å². The molecule has 0 saturated heterocycles. The fourth-order valence-electron chi connectivity index (χ4n) is 1.75. The third kappa shape index (κ3) is 3.32. The zero-order valence-corrected chi connectivity index (χ0v) is 11.4. The van der Waals surface area contributed by atoms with Crippen molar-refractivity contribution < 1.29 is 23.8 Å². The van der Waals surface area contributed by atoms with E-state index in [1.165, 1.54) is 6.07 Å². The van der Waals surface area contributed by atoms with Crippen molar-refractivity contribution >= 4 is 5.97 Å². The smallest absolute Gasteiger partial charge is 0.371 e. The van der Waals surface area contributed by atoms with Crippen molar-refractivity contribution in [2.24, 2.45) is 0 Å². The van der Waals surface area contributed by atoms with Crippen LogP contribution in [0.1, 0.15) is 28.8 Å². The van der Waals surface area contributed by atoms with Gasteiger partial charge in [0.1, 0.15) is 23.9 Å². The molecular weight excluding hydrogens is 260 g/mol. The first-order valence-corrected chi connectivity index (χ1v) is 6.28. The minimum absolute atomic E-state index is 0.0795. The number of carboxylic acid groups (broad SMARTS) is 1. The van der Waals surface area contributed by atoms with Crippen LogP contribution in [0.2, 0.25) is 0 Å². The lowest BCUT2D eigenvalue weighted by Crippen LogP contribution is -1.97. The Kier molecular flexibility index (Phi) is 4.30. The molecular formula is C15H16O5. The highest BCUT2D eigenvalue weighted by molar-refractivity contribution is 5.84. The maximum absolute atomic E-state index is 10.8. The van der Waals surface area contributed by atoms with Crippen molar-refractivity contribution in [3.05, 3.63) is 47.4 Å².